The number of halogens is 2. The Kier molecular flexibility index (Phi) is 9.42. The smallest absolute Gasteiger partial charge is 0.242 e. The first kappa shape index (κ1) is 27.7. The fourth-order valence-corrected chi connectivity index (χ4v) is 5.21. The number of amides is 1. The number of thiocarbonyl (C=S) groups is 1. The highest BCUT2D eigenvalue weighted by atomic mass is 35.5. The van der Waals surface area contributed by atoms with Crippen LogP contribution < -0.4 is 16.0 Å². The lowest BCUT2D eigenvalue weighted by Crippen LogP contribution is -2.20. The number of benzene rings is 4. The van der Waals surface area contributed by atoms with Gasteiger partial charge >= 0.3 is 0 Å². The summed E-state index contributed by atoms with van der Waals surface area (Å²) in [5.74, 6) is -0.223. The van der Waals surface area contributed by atoms with E-state index in [1.165, 1.54) is 18.7 Å². The number of carbonyl (C=O) groups is 2. The van der Waals surface area contributed by atoms with Gasteiger partial charge in [0.15, 0.2) is 10.9 Å². The van der Waals surface area contributed by atoms with Crippen molar-refractivity contribution < 1.29 is 9.59 Å². The molecule has 1 amide bonds. The van der Waals surface area contributed by atoms with Crippen LogP contribution in [-0.2, 0) is 4.79 Å². The molecule has 4 aromatic rings. The third-order valence-electron chi connectivity index (χ3n) is 5.42. The zero-order valence-electron chi connectivity index (χ0n) is 20.2. The van der Waals surface area contributed by atoms with E-state index >= 15 is 0 Å². The maximum Gasteiger partial charge on any atom is 0.242 e. The van der Waals surface area contributed by atoms with Gasteiger partial charge in [-0.05, 0) is 85.4 Å². The molecule has 38 heavy (non-hydrogen) atoms. The van der Waals surface area contributed by atoms with Crippen LogP contribution >= 0.6 is 47.2 Å². The summed E-state index contributed by atoms with van der Waals surface area (Å²) in [7, 11) is 0. The van der Waals surface area contributed by atoms with Gasteiger partial charge in [0.1, 0.15) is 5.25 Å². The third kappa shape index (κ3) is 7.58. The first-order valence-electron chi connectivity index (χ1n) is 11.5. The number of ketones is 1. The van der Waals surface area contributed by atoms with Gasteiger partial charge in [-0.2, -0.15) is 0 Å². The lowest BCUT2D eigenvalue weighted by molar-refractivity contribution is -0.115. The molecular formula is C29H23Cl2N3O2S2. The fraction of sp³-hybridized carbons (Fsp3) is 0.0690. The minimum absolute atomic E-state index is 0.00437. The van der Waals surface area contributed by atoms with E-state index < -0.39 is 5.25 Å². The fourth-order valence-electron chi connectivity index (χ4n) is 3.56. The molecule has 4 aromatic carbocycles. The number of hydrogen-bond acceptors (Lipinski definition) is 4. The molecule has 0 fully saturated rings. The predicted molar refractivity (Wildman–Crippen MR) is 163 cm³/mol. The van der Waals surface area contributed by atoms with Gasteiger partial charge in [0.05, 0.1) is 10.7 Å². The molecule has 5 nitrogen and oxygen atoms in total. The molecule has 3 N–H and O–H groups in total. The highest BCUT2D eigenvalue weighted by molar-refractivity contribution is 8.00. The van der Waals surface area contributed by atoms with Crippen LogP contribution in [-0.4, -0.2) is 16.8 Å². The van der Waals surface area contributed by atoms with Crippen LogP contribution in [0.5, 0.6) is 0 Å². The summed E-state index contributed by atoms with van der Waals surface area (Å²) in [5, 5.41) is 9.93. The normalized spacial score (nSPS) is 11.3. The molecule has 0 aromatic heterocycles. The lowest BCUT2D eigenvalue weighted by atomic mass is 10.1. The molecule has 192 valence electrons. The Morgan fingerprint density at radius 3 is 2.21 bits per heavy atom. The van der Waals surface area contributed by atoms with Crippen molar-refractivity contribution in [3.8, 4) is 0 Å². The highest BCUT2D eigenvalue weighted by Gasteiger charge is 2.23. The summed E-state index contributed by atoms with van der Waals surface area (Å²) in [6.07, 6.45) is 0. The van der Waals surface area contributed by atoms with E-state index in [2.05, 4.69) is 16.0 Å². The van der Waals surface area contributed by atoms with Crippen molar-refractivity contribution in [2.45, 2.75) is 17.1 Å². The van der Waals surface area contributed by atoms with Gasteiger partial charge in [0.25, 0.3) is 0 Å². The van der Waals surface area contributed by atoms with Gasteiger partial charge in [0.2, 0.25) is 5.91 Å². The largest absolute Gasteiger partial charge is 0.332 e. The number of hydrogen-bond donors (Lipinski definition) is 3. The summed E-state index contributed by atoms with van der Waals surface area (Å²) in [5.41, 5.74) is 3.46. The molecule has 1 atom stereocenters. The van der Waals surface area contributed by atoms with Gasteiger partial charge in [-0.1, -0.05) is 59.6 Å². The second-order valence-corrected chi connectivity index (χ2v) is 10.7. The Morgan fingerprint density at radius 2 is 1.50 bits per heavy atom. The van der Waals surface area contributed by atoms with Gasteiger partial charge in [-0.15, -0.1) is 11.8 Å². The molecule has 4 rings (SSSR count). The Balaban J connectivity index is 1.48. The van der Waals surface area contributed by atoms with Gasteiger partial charge < -0.3 is 16.0 Å². The van der Waals surface area contributed by atoms with Crippen LogP contribution in [0.2, 0.25) is 10.0 Å². The van der Waals surface area contributed by atoms with Crippen LogP contribution in [0.4, 0.5) is 17.1 Å². The zero-order valence-corrected chi connectivity index (χ0v) is 23.3. The average molecular weight is 581 g/mol. The molecule has 0 heterocycles. The lowest BCUT2D eigenvalue weighted by Gasteiger charge is -2.18. The van der Waals surface area contributed by atoms with Crippen LogP contribution in [0.15, 0.2) is 102 Å². The second kappa shape index (κ2) is 12.9. The Morgan fingerprint density at radius 1 is 0.789 bits per heavy atom. The van der Waals surface area contributed by atoms with Crippen molar-refractivity contribution in [3.63, 3.8) is 0 Å². The first-order chi connectivity index (χ1) is 18.3. The topological polar surface area (TPSA) is 70.2 Å². The van der Waals surface area contributed by atoms with Crippen LogP contribution in [0, 0.1) is 0 Å². The number of carbonyl (C=O) groups excluding carboxylic acids is 2. The summed E-state index contributed by atoms with van der Waals surface area (Å²) in [6.45, 7) is 1.53. The quantitative estimate of drug-likeness (QED) is 0.110. The first-order valence-corrected chi connectivity index (χ1v) is 13.6. The molecule has 0 saturated carbocycles. The molecule has 1 unspecified atom stereocenters. The SMILES string of the molecule is CC(=O)c1ccc(NC(=S)Nc2cccc(SC(C(=O)Nc3cc(Cl)ccc3Cl)c3ccccc3)c2)cc1. The minimum Gasteiger partial charge on any atom is -0.332 e. The van der Waals surface area contributed by atoms with Crippen molar-refractivity contribution in [2.24, 2.45) is 0 Å². The van der Waals surface area contributed by atoms with Gasteiger partial charge in [-0.25, -0.2) is 0 Å². The van der Waals surface area contributed by atoms with E-state index in [0.717, 1.165) is 21.8 Å². The molecule has 0 aliphatic heterocycles. The van der Waals surface area contributed by atoms with Crippen LogP contribution in [0.3, 0.4) is 0 Å². The van der Waals surface area contributed by atoms with E-state index in [1.807, 2.05) is 54.6 Å². The third-order valence-corrected chi connectivity index (χ3v) is 7.44. The number of anilines is 3. The van der Waals surface area contributed by atoms with E-state index in [-0.39, 0.29) is 11.7 Å². The molecule has 0 radical (unpaired) electrons. The predicted octanol–water partition coefficient (Wildman–Crippen LogP) is 8.48. The van der Waals surface area contributed by atoms with E-state index in [0.29, 0.717) is 26.4 Å². The van der Waals surface area contributed by atoms with Crippen molar-refractivity contribution in [2.75, 3.05) is 16.0 Å². The number of nitrogens with one attached hydrogen (secondary N) is 3. The maximum atomic E-state index is 13.4. The minimum atomic E-state index is -0.550. The molecule has 0 saturated heterocycles. The molecule has 0 aliphatic rings. The van der Waals surface area contributed by atoms with E-state index in [4.69, 9.17) is 35.4 Å². The van der Waals surface area contributed by atoms with Gasteiger partial charge in [-0.3, -0.25) is 9.59 Å². The van der Waals surface area contributed by atoms with Crippen molar-refractivity contribution in [3.05, 3.63) is 118 Å². The highest BCUT2D eigenvalue weighted by Crippen LogP contribution is 2.38. The Labute approximate surface area is 240 Å². The molecule has 0 bridgehead atoms. The maximum absolute atomic E-state index is 13.4. The number of Topliss-reactive ketones (excluding diaryl/α,β-unsaturated/α-hetero) is 1. The second-order valence-electron chi connectivity index (χ2n) is 8.26. The summed E-state index contributed by atoms with van der Waals surface area (Å²) in [6, 6.07) is 29.2. The molecule has 9 heteroatoms. The molecule has 0 aliphatic carbocycles. The number of rotatable bonds is 8. The summed E-state index contributed by atoms with van der Waals surface area (Å²) >= 11 is 19.3. The van der Waals surface area contributed by atoms with Crippen molar-refractivity contribution >= 4 is 81.0 Å². The van der Waals surface area contributed by atoms with Crippen LogP contribution in [0.1, 0.15) is 28.1 Å². The molecular weight excluding hydrogens is 557 g/mol. The van der Waals surface area contributed by atoms with Crippen molar-refractivity contribution in [1.82, 2.24) is 0 Å². The zero-order chi connectivity index (χ0) is 27.1. The van der Waals surface area contributed by atoms with Gasteiger partial charge in [0, 0.05) is 26.9 Å². The average Bonchev–Trinajstić information content (AvgIpc) is 2.90. The Hall–Kier alpha value is -3.36. The summed E-state index contributed by atoms with van der Waals surface area (Å²) < 4.78 is 0. The number of thioether (sulfide) groups is 1. The molecule has 0 spiro atoms. The Bertz CT molecular complexity index is 1460. The monoisotopic (exact) mass is 579 g/mol. The van der Waals surface area contributed by atoms with E-state index in [1.54, 1.807) is 42.5 Å². The van der Waals surface area contributed by atoms with E-state index in [9.17, 15) is 9.59 Å². The summed E-state index contributed by atoms with van der Waals surface area (Å²) in [4.78, 5) is 25.8. The van der Waals surface area contributed by atoms with Crippen molar-refractivity contribution in [1.29, 1.82) is 0 Å². The van der Waals surface area contributed by atoms with Crippen LogP contribution in [0.25, 0.3) is 0 Å². The standard InChI is InChI=1S/C29H23Cl2N3O2S2/c1-18(35)19-10-13-22(14-11-19)32-29(37)33-23-8-5-9-24(17-23)38-27(20-6-3-2-4-7-20)28(36)34-26-16-21(30)12-15-25(26)31/h2-17,27H,1H3,(H,34,36)(H2,32,33,37).